The predicted octanol–water partition coefficient (Wildman–Crippen LogP) is 3.10. The molecule has 0 atom stereocenters. The Morgan fingerprint density at radius 2 is 1.67 bits per heavy atom. The van der Waals surface area contributed by atoms with Crippen molar-refractivity contribution in [2.45, 2.75) is 39.1 Å². The zero-order chi connectivity index (χ0) is 16.2. The Bertz CT molecular complexity index is 561. The van der Waals surface area contributed by atoms with Crippen molar-refractivity contribution < 1.29 is 8.42 Å². The quantitative estimate of drug-likeness (QED) is 0.834. The summed E-state index contributed by atoms with van der Waals surface area (Å²) in [6.45, 7) is 9.32. The fraction of sp³-hybridized carbons (Fsp3) is 0.600. The lowest BCUT2D eigenvalue weighted by Gasteiger charge is -2.25. The molecule has 1 aromatic rings. The van der Waals surface area contributed by atoms with Crippen LogP contribution in [0.2, 0.25) is 5.02 Å². The van der Waals surface area contributed by atoms with Crippen LogP contribution >= 0.6 is 11.6 Å². The molecule has 21 heavy (non-hydrogen) atoms. The van der Waals surface area contributed by atoms with Gasteiger partial charge < -0.3 is 5.73 Å². The summed E-state index contributed by atoms with van der Waals surface area (Å²) in [7, 11) is -3.53. The Hall–Kier alpha value is -0.620. The molecular formula is C15H25ClN2O2S. The molecule has 0 aliphatic rings. The number of halogens is 1. The molecule has 0 unspecified atom stereocenters. The van der Waals surface area contributed by atoms with Crippen molar-refractivity contribution in [3.05, 3.63) is 28.8 Å². The SMILES string of the molecule is CC(C)CN(CC(C)C)S(=O)(=O)c1ccc(CN)c(Cl)c1. The summed E-state index contributed by atoms with van der Waals surface area (Å²) in [5, 5.41) is 0.396. The molecule has 0 radical (unpaired) electrons. The normalized spacial score (nSPS) is 12.6. The zero-order valence-corrected chi connectivity index (χ0v) is 14.7. The van der Waals surface area contributed by atoms with E-state index in [-0.39, 0.29) is 16.7 Å². The Balaban J connectivity index is 3.18. The van der Waals surface area contributed by atoms with Crippen LogP contribution < -0.4 is 5.73 Å². The number of hydrogen-bond acceptors (Lipinski definition) is 3. The van der Waals surface area contributed by atoms with Crippen LogP contribution in [-0.2, 0) is 16.6 Å². The highest BCUT2D eigenvalue weighted by Crippen LogP contribution is 2.24. The maximum Gasteiger partial charge on any atom is 0.243 e. The van der Waals surface area contributed by atoms with Crippen molar-refractivity contribution in [2.75, 3.05) is 13.1 Å². The lowest BCUT2D eigenvalue weighted by Crippen LogP contribution is -2.37. The van der Waals surface area contributed by atoms with E-state index >= 15 is 0 Å². The van der Waals surface area contributed by atoms with Crippen LogP contribution in [0.25, 0.3) is 0 Å². The highest BCUT2D eigenvalue weighted by atomic mass is 35.5. The van der Waals surface area contributed by atoms with Gasteiger partial charge in [0.15, 0.2) is 0 Å². The monoisotopic (exact) mass is 332 g/mol. The summed E-state index contributed by atoms with van der Waals surface area (Å²) in [5.41, 5.74) is 6.30. The molecule has 4 nitrogen and oxygen atoms in total. The number of benzene rings is 1. The Labute approximate surface area is 133 Å². The van der Waals surface area contributed by atoms with E-state index in [1.165, 1.54) is 10.4 Å². The number of sulfonamides is 1. The van der Waals surface area contributed by atoms with Gasteiger partial charge in [0.1, 0.15) is 0 Å². The lowest BCUT2D eigenvalue weighted by molar-refractivity contribution is 0.333. The molecule has 1 rings (SSSR count). The van der Waals surface area contributed by atoms with Gasteiger partial charge in [-0.1, -0.05) is 45.4 Å². The third-order valence-electron chi connectivity index (χ3n) is 3.02. The minimum Gasteiger partial charge on any atom is -0.326 e. The van der Waals surface area contributed by atoms with Crippen LogP contribution in [0.15, 0.2) is 23.1 Å². The van der Waals surface area contributed by atoms with Crippen molar-refractivity contribution >= 4 is 21.6 Å². The van der Waals surface area contributed by atoms with E-state index < -0.39 is 10.0 Å². The molecular weight excluding hydrogens is 308 g/mol. The van der Waals surface area contributed by atoms with E-state index in [9.17, 15) is 8.42 Å². The molecule has 120 valence electrons. The number of nitrogens with two attached hydrogens (primary N) is 1. The van der Waals surface area contributed by atoms with E-state index in [0.29, 0.717) is 24.7 Å². The van der Waals surface area contributed by atoms with Crippen LogP contribution in [0.4, 0.5) is 0 Å². The largest absolute Gasteiger partial charge is 0.326 e. The maximum atomic E-state index is 12.8. The first-order chi connectivity index (χ1) is 9.68. The average molecular weight is 333 g/mol. The van der Waals surface area contributed by atoms with Gasteiger partial charge >= 0.3 is 0 Å². The van der Waals surface area contributed by atoms with Gasteiger partial charge in [0, 0.05) is 24.7 Å². The minimum atomic E-state index is -3.53. The van der Waals surface area contributed by atoms with Gasteiger partial charge in [0.25, 0.3) is 0 Å². The fourth-order valence-corrected chi connectivity index (χ4v) is 4.20. The lowest BCUT2D eigenvalue weighted by atomic mass is 10.2. The van der Waals surface area contributed by atoms with E-state index in [4.69, 9.17) is 17.3 Å². The van der Waals surface area contributed by atoms with Gasteiger partial charge in [0.2, 0.25) is 10.0 Å². The van der Waals surface area contributed by atoms with Crippen molar-refractivity contribution in [1.29, 1.82) is 0 Å². The van der Waals surface area contributed by atoms with Gasteiger partial charge in [-0.05, 0) is 29.5 Å². The van der Waals surface area contributed by atoms with Crippen molar-refractivity contribution in [1.82, 2.24) is 4.31 Å². The summed E-state index contributed by atoms with van der Waals surface area (Å²) in [6, 6.07) is 4.75. The second-order valence-electron chi connectivity index (χ2n) is 6.07. The predicted molar refractivity (Wildman–Crippen MR) is 87.8 cm³/mol. The first kappa shape index (κ1) is 18.4. The van der Waals surface area contributed by atoms with Gasteiger partial charge in [-0.3, -0.25) is 0 Å². The number of nitrogens with zero attached hydrogens (tertiary/aromatic N) is 1. The summed E-state index contributed by atoms with van der Waals surface area (Å²) in [4.78, 5) is 0.228. The topological polar surface area (TPSA) is 63.4 Å². The first-order valence-corrected chi connectivity index (χ1v) is 8.99. The highest BCUT2D eigenvalue weighted by molar-refractivity contribution is 7.89. The second kappa shape index (κ2) is 7.58. The molecule has 0 heterocycles. The molecule has 6 heteroatoms. The minimum absolute atomic E-state index is 0.228. The Morgan fingerprint density at radius 3 is 2.05 bits per heavy atom. The second-order valence-corrected chi connectivity index (χ2v) is 8.41. The van der Waals surface area contributed by atoms with E-state index in [2.05, 4.69) is 0 Å². The number of rotatable bonds is 7. The van der Waals surface area contributed by atoms with Crippen molar-refractivity contribution in [3.63, 3.8) is 0 Å². The van der Waals surface area contributed by atoms with Gasteiger partial charge in [-0.2, -0.15) is 4.31 Å². The van der Waals surface area contributed by atoms with E-state index in [0.717, 1.165) is 5.56 Å². The Morgan fingerprint density at radius 1 is 1.14 bits per heavy atom. The third-order valence-corrected chi connectivity index (χ3v) is 5.20. The first-order valence-electron chi connectivity index (χ1n) is 7.17. The molecule has 0 fully saturated rings. The molecule has 0 amide bonds. The van der Waals surface area contributed by atoms with Crippen LogP contribution in [-0.4, -0.2) is 25.8 Å². The molecule has 1 aromatic carbocycles. The molecule has 0 bridgehead atoms. The van der Waals surface area contributed by atoms with E-state index in [1.54, 1.807) is 12.1 Å². The van der Waals surface area contributed by atoms with Crippen LogP contribution in [0.5, 0.6) is 0 Å². The van der Waals surface area contributed by atoms with Crippen LogP contribution in [0, 0.1) is 11.8 Å². The smallest absolute Gasteiger partial charge is 0.243 e. The van der Waals surface area contributed by atoms with Gasteiger partial charge in [-0.25, -0.2) is 8.42 Å². The summed E-state index contributed by atoms with van der Waals surface area (Å²) < 4.78 is 27.1. The van der Waals surface area contributed by atoms with Crippen LogP contribution in [0.1, 0.15) is 33.3 Å². The summed E-state index contributed by atoms with van der Waals surface area (Å²) >= 11 is 6.09. The fourth-order valence-electron chi connectivity index (χ4n) is 2.09. The molecule has 0 saturated heterocycles. The Kier molecular flexibility index (Phi) is 6.66. The molecule has 2 N–H and O–H groups in total. The van der Waals surface area contributed by atoms with E-state index in [1.807, 2.05) is 27.7 Å². The highest BCUT2D eigenvalue weighted by Gasteiger charge is 2.26. The summed E-state index contributed by atoms with van der Waals surface area (Å²) in [5.74, 6) is 0.523. The van der Waals surface area contributed by atoms with Crippen molar-refractivity contribution in [2.24, 2.45) is 17.6 Å². The summed E-state index contributed by atoms with van der Waals surface area (Å²) in [6.07, 6.45) is 0. The number of hydrogen-bond donors (Lipinski definition) is 1. The van der Waals surface area contributed by atoms with Gasteiger partial charge in [-0.15, -0.1) is 0 Å². The van der Waals surface area contributed by atoms with Crippen molar-refractivity contribution in [3.8, 4) is 0 Å². The zero-order valence-electron chi connectivity index (χ0n) is 13.1. The molecule has 0 saturated carbocycles. The molecule has 0 aliphatic carbocycles. The molecule has 0 aromatic heterocycles. The average Bonchev–Trinajstić information content (AvgIpc) is 2.36. The maximum absolute atomic E-state index is 12.8. The molecule has 0 spiro atoms. The third kappa shape index (κ3) is 4.95. The van der Waals surface area contributed by atoms with Crippen LogP contribution in [0.3, 0.4) is 0 Å². The molecule has 0 aliphatic heterocycles. The standard InChI is InChI=1S/C15H25ClN2O2S/c1-11(2)9-18(10-12(3)4)21(19,20)14-6-5-13(8-17)15(16)7-14/h5-7,11-12H,8-10,17H2,1-4H3. The van der Waals surface area contributed by atoms with Gasteiger partial charge in [0.05, 0.1) is 4.90 Å².